The maximum absolute atomic E-state index is 7.05. The van der Waals surface area contributed by atoms with Gasteiger partial charge in [0.15, 0.2) is 5.82 Å². The van der Waals surface area contributed by atoms with Gasteiger partial charge in [-0.15, -0.1) is 0 Å². The van der Waals surface area contributed by atoms with E-state index < -0.39 is 0 Å². The maximum atomic E-state index is 7.05. The van der Waals surface area contributed by atoms with Crippen LogP contribution in [0.2, 0.25) is 0 Å². The molecule has 0 atom stereocenters. The minimum atomic E-state index is -0.301. The fourth-order valence-corrected chi connectivity index (χ4v) is 7.27. The Kier molecular flexibility index (Phi) is 8.52. The van der Waals surface area contributed by atoms with Crippen molar-refractivity contribution in [3.05, 3.63) is 120 Å². The van der Waals surface area contributed by atoms with Crippen molar-refractivity contribution in [2.24, 2.45) is 0 Å². The van der Waals surface area contributed by atoms with E-state index in [0.717, 1.165) is 68.5 Å². The number of ether oxygens (including phenoxy) is 1. The van der Waals surface area contributed by atoms with Crippen molar-refractivity contribution in [3.63, 3.8) is 0 Å². The molecule has 8 nitrogen and oxygen atoms in total. The van der Waals surface area contributed by atoms with Crippen LogP contribution in [0.5, 0.6) is 11.5 Å². The van der Waals surface area contributed by atoms with Crippen LogP contribution in [0.15, 0.2) is 97.2 Å². The number of anilines is 3. The first-order valence-electron chi connectivity index (χ1n) is 19.1. The van der Waals surface area contributed by atoms with Crippen molar-refractivity contribution < 1.29 is 4.74 Å². The molecule has 8 rings (SSSR count). The average Bonchev–Trinajstić information content (AvgIpc) is 3.63. The number of aryl methyl sites for hydroxylation is 1. The van der Waals surface area contributed by atoms with E-state index in [-0.39, 0.29) is 16.2 Å². The standard InChI is InChI=1S/C47H51N7O/c1-29-21-22-48-41(23-29)54-36-20-19-30(45(2,3)4)24-33(36)34-26-35(42-49-43(46(5,6)7)51-44(50-42)47(8,9)10)40(27-39(34)54)55-32-16-14-15-31(25-32)53-28-52(11)37-17-12-13-18-38(37)53/h12-27H,28H2,1-11H3. The van der Waals surface area contributed by atoms with Gasteiger partial charge in [0, 0.05) is 52.7 Å². The second-order valence-corrected chi connectivity index (χ2v) is 18.0. The quantitative estimate of drug-likeness (QED) is 0.175. The topological polar surface area (TPSA) is 72.2 Å². The van der Waals surface area contributed by atoms with Crippen LogP contribution in [0, 0.1) is 6.92 Å². The van der Waals surface area contributed by atoms with E-state index in [1.165, 1.54) is 16.9 Å². The molecule has 1 aliphatic heterocycles. The number of rotatable bonds is 5. The van der Waals surface area contributed by atoms with E-state index >= 15 is 0 Å². The average molecular weight is 730 g/mol. The van der Waals surface area contributed by atoms with Crippen LogP contribution in [-0.2, 0) is 16.2 Å². The van der Waals surface area contributed by atoms with Gasteiger partial charge in [-0.2, -0.15) is 0 Å². The van der Waals surface area contributed by atoms with Gasteiger partial charge < -0.3 is 14.5 Å². The highest BCUT2D eigenvalue weighted by Gasteiger charge is 2.29. The number of hydrogen-bond acceptors (Lipinski definition) is 7. The monoisotopic (exact) mass is 729 g/mol. The Morgan fingerprint density at radius 2 is 1.33 bits per heavy atom. The summed E-state index contributed by atoms with van der Waals surface area (Å²) >= 11 is 0. The molecule has 4 heterocycles. The minimum Gasteiger partial charge on any atom is -0.456 e. The van der Waals surface area contributed by atoms with Gasteiger partial charge in [0.05, 0.1) is 34.6 Å². The third-order valence-corrected chi connectivity index (χ3v) is 10.4. The normalized spacial score (nSPS) is 13.6. The summed E-state index contributed by atoms with van der Waals surface area (Å²) in [4.78, 5) is 24.9. The van der Waals surface area contributed by atoms with Gasteiger partial charge in [-0.1, -0.05) is 86.6 Å². The second kappa shape index (κ2) is 12.9. The summed E-state index contributed by atoms with van der Waals surface area (Å²) < 4.78 is 9.30. The lowest BCUT2D eigenvalue weighted by Crippen LogP contribution is -2.24. The Labute approximate surface area is 324 Å². The number of fused-ring (bicyclic) bond motifs is 4. The number of para-hydroxylation sites is 2. The highest BCUT2D eigenvalue weighted by Crippen LogP contribution is 2.44. The van der Waals surface area contributed by atoms with Crippen LogP contribution in [0.3, 0.4) is 0 Å². The Morgan fingerprint density at radius 1 is 0.636 bits per heavy atom. The molecule has 280 valence electrons. The molecular weight excluding hydrogens is 679 g/mol. The minimum absolute atomic E-state index is 0.0385. The first-order valence-corrected chi connectivity index (χ1v) is 19.1. The van der Waals surface area contributed by atoms with Gasteiger partial charge in [-0.25, -0.2) is 19.9 Å². The van der Waals surface area contributed by atoms with Crippen LogP contribution >= 0.6 is 0 Å². The molecular formula is C47H51N7O. The highest BCUT2D eigenvalue weighted by atomic mass is 16.5. The number of nitrogens with zero attached hydrogens (tertiary/aromatic N) is 7. The molecule has 0 unspecified atom stereocenters. The van der Waals surface area contributed by atoms with Gasteiger partial charge in [0.1, 0.15) is 29.0 Å². The van der Waals surface area contributed by atoms with Crippen molar-refractivity contribution in [1.82, 2.24) is 24.5 Å². The van der Waals surface area contributed by atoms with Gasteiger partial charge in [-0.3, -0.25) is 4.57 Å². The Bertz CT molecular complexity index is 2570. The summed E-state index contributed by atoms with van der Waals surface area (Å²) in [6.07, 6.45) is 1.88. The summed E-state index contributed by atoms with van der Waals surface area (Å²) in [5, 5.41) is 2.21. The second-order valence-electron chi connectivity index (χ2n) is 18.0. The molecule has 0 amide bonds. The summed E-state index contributed by atoms with van der Waals surface area (Å²) in [6.45, 7) is 22.5. The Morgan fingerprint density at radius 3 is 2.00 bits per heavy atom. The summed E-state index contributed by atoms with van der Waals surface area (Å²) in [5.41, 5.74) is 8.05. The van der Waals surface area contributed by atoms with E-state index in [1.807, 2.05) is 18.3 Å². The predicted octanol–water partition coefficient (Wildman–Crippen LogP) is 11.6. The predicted molar refractivity (Wildman–Crippen MR) is 227 cm³/mol. The van der Waals surface area contributed by atoms with Gasteiger partial charge in [-0.05, 0) is 78.1 Å². The molecule has 0 spiro atoms. The van der Waals surface area contributed by atoms with Crippen LogP contribution < -0.4 is 14.5 Å². The van der Waals surface area contributed by atoms with Crippen LogP contribution in [0.1, 0.15) is 85.1 Å². The Balaban J connectivity index is 1.40. The van der Waals surface area contributed by atoms with Crippen molar-refractivity contribution >= 4 is 38.9 Å². The molecule has 0 saturated heterocycles. The molecule has 0 radical (unpaired) electrons. The summed E-state index contributed by atoms with van der Waals surface area (Å²) in [7, 11) is 2.12. The molecule has 0 N–H and O–H groups in total. The smallest absolute Gasteiger partial charge is 0.167 e. The third kappa shape index (κ3) is 6.68. The molecule has 4 aromatic carbocycles. The van der Waals surface area contributed by atoms with E-state index in [1.54, 1.807) is 0 Å². The van der Waals surface area contributed by atoms with Crippen molar-refractivity contribution in [3.8, 4) is 28.7 Å². The lowest BCUT2D eigenvalue weighted by atomic mass is 9.86. The van der Waals surface area contributed by atoms with Crippen molar-refractivity contribution in [2.75, 3.05) is 23.5 Å². The Hall–Kier alpha value is -5.76. The maximum Gasteiger partial charge on any atom is 0.167 e. The van der Waals surface area contributed by atoms with Crippen LogP contribution in [0.4, 0.5) is 17.1 Å². The largest absolute Gasteiger partial charge is 0.456 e. The van der Waals surface area contributed by atoms with E-state index in [2.05, 4.69) is 170 Å². The molecule has 0 bridgehead atoms. The van der Waals surface area contributed by atoms with Crippen LogP contribution in [-0.4, -0.2) is 38.2 Å². The third-order valence-electron chi connectivity index (χ3n) is 10.4. The fraction of sp³-hybridized carbons (Fsp3) is 0.319. The number of hydrogen-bond donors (Lipinski definition) is 0. The zero-order valence-corrected chi connectivity index (χ0v) is 34.0. The zero-order valence-electron chi connectivity index (χ0n) is 34.0. The number of pyridine rings is 1. The molecule has 55 heavy (non-hydrogen) atoms. The number of aromatic nitrogens is 5. The molecule has 1 aliphatic rings. The van der Waals surface area contributed by atoms with Gasteiger partial charge in [0.2, 0.25) is 0 Å². The fourth-order valence-electron chi connectivity index (χ4n) is 7.27. The number of benzene rings is 4. The molecule has 7 aromatic rings. The van der Waals surface area contributed by atoms with Crippen molar-refractivity contribution in [2.45, 2.75) is 85.5 Å². The summed E-state index contributed by atoms with van der Waals surface area (Å²) in [5.74, 6) is 4.31. The molecule has 3 aromatic heterocycles. The van der Waals surface area contributed by atoms with Gasteiger partial charge >= 0.3 is 0 Å². The highest BCUT2D eigenvalue weighted by molar-refractivity contribution is 6.11. The van der Waals surface area contributed by atoms with Crippen molar-refractivity contribution in [1.29, 1.82) is 0 Å². The molecule has 0 saturated carbocycles. The lowest BCUT2D eigenvalue weighted by Gasteiger charge is -2.23. The first-order chi connectivity index (χ1) is 26.0. The lowest BCUT2D eigenvalue weighted by molar-refractivity contribution is 0.481. The SMILES string of the molecule is Cc1ccnc(-n2c3ccc(C(C)(C)C)cc3c3cc(-c4nc(C(C)(C)C)nc(C(C)(C)C)n4)c(Oc4cccc(N5CN(C)c6ccccc65)c4)cc32)c1. The van der Waals surface area contributed by atoms with Crippen LogP contribution in [0.25, 0.3) is 39.0 Å². The van der Waals surface area contributed by atoms with E-state index in [9.17, 15) is 0 Å². The zero-order chi connectivity index (χ0) is 39.0. The van der Waals surface area contributed by atoms with Gasteiger partial charge in [0.25, 0.3) is 0 Å². The van der Waals surface area contributed by atoms with E-state index in [0.29, 0.717) is 11.6 Å². The van der Waals surface area contributed by atoms with E-state index in [4.69, 9.17) is 24.7 Å². The molecule has 0 fully saturated rings. The molecule has 0 aliphatic carbocycles. The molecule has 8 heteroatoms. The first kappa shape index (κ1) is 36.2. The summed E-state index contributed by atoms with van der Waals surface area (Å²) in [6, 6.07) is 32.2.